The van der Waals surface area contributed by atoms with Gasteiger partial charge in [-0.15, -0.1) is 0 Å². The van der Waals surface area contributed by atoms with Gasteiger partial charge in [-0.05, 0) is 50.2 Å². The Labute approximate surface area is 164 Å². The van der Waals surface area contributed by atoms with E-state index < -0.39 is 0 Å². The Morgan fingerprint density at radius 2 is 1.78 bits per heavy atom. The summed E-state index contributed by atoms with van der Waals surface area (Å²) in [7, 11) is 0. The SMILES string of the molecule is CC1(C)[C@@H]2CC[C@@](C)(C2)[C@@H]1[NH2+]CC(=O)N(c1ccccc1)C1CCCCC1. The Kier molecular flexibility index (Phi) is 5.09. The Morgan fingerprint density at radius 3 is 2.41 bits per heavy atom. The molecular formula is C24H37N2O+. The van der Waals surface area contributed by atoms with Gasteiger partial charge in [0, 0.05) is 22.6 Å². The Hall–Kier alpha value is -1.35. The number of amides is 1. The third kappa shape index (κ3) is 3.44. The minimum atomic E-state index is 0.301. The number of nitrogens with zero attached hydrogens (tertiary/aromatic N) is 1. The summed E-state index contributed by atoms with van der Waals surface area (Å²) in [6, 6.07) is 11.3. The molecule has 27 heavy (non-hydrogen) atoms. The predicted molar refractivity (Wildman–Crippen MR) is 111 cm³/mol. The number of anilines is 1. The number of carbonyl (C=O) groups is 1. The highest BCUT2D eigenvalue weighted by molar-refractivity contribution is 5.94. The molecule has 2 N–H and O–H groups in total. The van der Waals surface area contributed by atoms with E-state index >= 15 is 0 Å². The number of quaternary nitrogens is 1. The van der Waals surface area contributed by atoms with Crippen LogP contribution >= 0.6 is 0 Å². The van der Waals surface area contributed by atoms with Gasteiger partial charge in [-0.2, -0.15) is 0 Å². The average molecular weight is 370 g/mol. The quantitative estimate of drug-likeness (QED) is 0.832. The first kappa shape index (κ1) is 19.0. The maximum absolute atomic E-state index is 13.4. The van der Waals surface area contributed by atoms with Crippen molar-refractivity contribution in [3.63, 3.8) is 0 Å². The Balaban J connectivity index is 1.49. The number of rotatable bonds is 5. The molecule has 0 aliphatic heterocycles. The fourth-order valence-corrected chi connectivity index (χ4v) is 6.73. The monoisotopic (exact) mass is 369 g/mol. The molecule has 1 aromatic rings. The number of carbonyl (C=O) groups excluding carboxylic acids is 1. The van der Waals surface area contributed by atoms with Crippen LogP contribution in [0.3, 0.4) is 0 Å². The van der Waals surface area contributed by atoms with Gasteiger partial charge >= 0.3 is 0 Å². The van der Waals surface area contributed by atoms with Crippen molar-refractivity contribution in [1.29, 1.82) is 0 Å². The summed E-state index contributed by atoms with van der Waals surface area (Å²) in [5.74, 6) is 1.14. The molecule has 0 heterocycles. The van der Waals surface area contributed by atoms with Crippen LogP contribution in [-0.2, 0) is 4.79 Å². The minimum Gasteiger partial charge on any atom is -0.335 e. The molecule has 4 rings (SSSR count). The zero-order chi connectivity index (χ0) is 19.1. The molecule has 1 amide bonds. The molecule has 3 heteroatoms. The van der Waals surface area contributed by atoms with Crippen molar-refractivity contribution >= 4 is 11.6 Å². The first-order valence-corrected chi connectivity index (χ1v) is 11.1. The van der Waals surface area contributed by atoms with Gasteiger partial charge in [-0.25, -0.2) is 0 Å². The molecule has 3 aliphatic carbocycles. The topological polar surface area (TPSA) is 36.9 Å². The molecular weight excluding hydrogens is 332 g/mol. The molecule has 1 aromatic carbocycles. The standard InChI is InChI=1S/C24H36N2O/c1-23(2)18-14-15-24(3,16-18)22(23)25-17-21(27)26(19-10-6-4-7-11-19)20-12-8-5-9-13-20/h4,6-7,10-11,18,20,22,25H,5,8-9,12-17H2,1-3H3/p+1/t18-,22-,24+/m1/s1. The molecule has 2 bridgehead atoms. The van der Waals surface area contributed by atoms with Crippen LogP contribution in [0, 0.1) is 16.7 Å². The van der Waals surface area contributed by atoms with Crippen molar-refractivity contribution in [3.05, 3.63) is 30.3 Å². The number of hydrogen-bond acceptors (Lipinski definition) is 1. The van der Waals surface area contributed by atoms with E-state index in [4.69, 9.17) is 0 Å². The zero-order valence-electron chi connectivity index (χ0n) is 17.4. The normalized spacial score (nSPS) is 32.6. The third-order valence-corrected chi connectivity index (χ3v) is 8.15. The van der Waals surface area contributed by atoms with E-state index in [2.05, 4.69) is 55.3 Å². The maximum Gasteiger partial charge on any atom is 0.282 e. The molecule has 3 fully saturated rings. The van der Waals surface area contributed by atoms with Crippen molar-refractivity contribution in [1.82, 2.24) is 0 Å². The van der Waals surface area contributed by atoms with Crippen molar-refractivity contribution in [3.8, 4) is 0 Å². The summed E-state index contributed by atoms with van der Waals surface area (Å²) in [4.78, 5) is 15.6. The van der Waals surface area contributed by atoms with E-state index in [0.29, 0.717) is 35.4 Å². The second kappa shape index (κ2) is 7.24. The van der Waals surface area contributed by atoms with E-state index in [9.17, 15) is 4.79 Å². The highest BCUT2D eigenvalue weighted by Crippen LogP contribution is 2.61. The highest BCUT2D eigenvalue weighted by Gasteiger charge is 2.61. The lowest BCUT2D eigenvalue weighted by Crippen LogP contribution is -2.96. The lowest BCUT2D eigenvalue weighted by Gasteiger charge is -2.41. The van der Waals surface area contributed by atoms with Gasteiger partial charge < -0.3 is 10.2 Å². The predicted octanol–water partition coefficient (Wildman–Crippen LogP) is 4.13. The van der Waals surface area contributed by atoms with Gasteiger partial charge in [0.05, 0.1) is 6.04 Å². The number of para-hydroxylation sites is 1. The summed E-state index contributed by atoms with van der Waals surface area (Å²) in [5.41, 5.74) is 1.84. The Bertz CT molecular complexity index is 659. The molecule has 0 aromatic heterocycles. The number of nitrogens with two attached hydrogens (primary N) is 1. The highest BCUT2D eigenvalue weighted by atomic mass is 16.2. The maximum atomic E-state index is 13.4. The second-order valence-corrected chi connectivity index (χ2v) is 10.2. The van der Waals surface area contributed by atoms with Crippen LogP contribution in [-0.4, -0.2) is 24.5 Å². The summed E-state index contributed by atoms with van der Waals surface area (Å²) in [6.07, 6.45) is 10.2. The van der Waals surface area contributed by atoms with Gasteiger partial charge in [0.15, 0.2) is 6.54 Å². The van der Waals surface area contributed by atoms with E-state index in [1.807, 2.05) is 6.07 Å². The summed E-state index contributed by atoms with van der Waals surface area (Å²) in [5, 5.41) is 2.40. The molecule has 148 valence electrons. The molecule has 3 nitrogen and oxygen atoms in total. The van der Waals surface area contributed by atoms with Crippen molar-refractivity contribution in [2.45, 2.75) is 84.2 Å². The van der Waals surface area contributed by atoms with Crippen LogP contribution < -0.4 is 10.2 Å². The van der Waals surface area contributed by atoms with Crippen LogP contribution in [0.5, 0.6) is 0 Å². The number of hydrogen-bond donors (Lipinski definition) is 1. The molecule has 3 aliphatic rings. The summed E-state index contributed by atoms with van der Waals surface area (Å²) < 4.78 is 0. The average Bonchev–Trinajstić information content (AvgIpc) is 3.14. The molecule has 0 radical (unpaired) electrons. The van der Waals surface area contributed by atoms with Crippen LogP contribution in [0.25, 0.3) is 0 Å². The van der Waals surface area contributed by atoms with Crippen molar-refractivity contribution in [2.75, 3.05) is 11.4 Å². The molecule has 3 atom stereocenters. The second-order valence-electron chi connectivity index (χ2n) is 10.2. The van der Waals surface area contributed by atoms with Crippen LogP contribution in [0.1, 0.15) is 72.1 Å². The van der Waals surface area contributed by atoms with Gasteiger partial charge in [0.25, 0.3) is 5.91 Å². The third-order valence-electron chi connectivity index (χ3n) is 8.15. The summed E-state index contributed by atoms with van der Waals surface area (Å²) in [6.45, 7) is 7.92. The number of benzene rings is 1. The lowest BCUT2D eigenvalue weighted by molar-refractivity contribution is -0.703. The largest absolute Gasteiger partial charge is 0.335 e. The van der Waals surface area contributed by atoms with E-state index in [1.165, 1.54) is 38.5 Å². The Morgan fingerprint density at radius 1 is 1.07 bits per heavy atom. The van der Waals surface area contributed by atoms with E-state index in [-0.39, 0.29) is 0 Å². The molecule has 0 spiro atoms. The minimum absolute atomic E-state index is 0.301. The van der Waals surface area contributed by atoms with Crippen LogP contribution in [0.4, 0.5) is 5.69 Å². The van der Waals surface area contributed by atoms with E-state index in [1.54, 1.807) is 0 Å². The number of fused-ring (bicyclic) bond motifs is 2. The van der Waals surface area contributed by atoms with Crippen molar-refractivity contribution < 1.29 is 10.1 Å². The first-order valence-electron chi connectivity index (χ1n) is 11.1. The summed E-state index contributed by atoms with van der Waals surface area (Å²) >= 11 is 0. The van der Waals surface area contributed by atoms with Gasteiger partial charge in [0.2, 0.25) is 0 Å². The van der Waals surface area contributed by atoms with Gasteiger partial charge in [0.1, 0.15) is 0 Å². The van der Waals surface area contributed by atoms with Gasteiger partial charge in [-0.3, -0.25) is 4.79 Å². The molecule has 0 saturated heterocycles. The molecule has 3 saturated carbocycles. The van der Waals surface area contributed by atoms with Crippen molar-refractivity contribution in [2.24, 2.45) is 16.7 Å². The molecule has 0 unspecified atom stereocenters. The smallest absolute Gasteiger partial charge is 0.282 e. The zero-order valence-corrected chi connectivity index (χ0v) is 17.4. The van der Waals surface area contributed by atoms with E-state index in [0.717, 1.165) is 24.4 Å². The van der Waals surface area contributed by atoms with Crippen LogP contribution in [0.15, 0.2) is 30.3 Å². The first-order chi connectivity index (χ1) is 12.9. The van der Waals surface area contributed by atoms with Crippen LogP contribution in [0.2, 0.25) is 0 Å². The van der Waals surface area contributed by atoms with Gasteiger partial charge in [-0.1, -0.05) is 58.2 Å². The lowest BCUT2D eigenvalue weighted by atomic mass is 9.68. The fraction of sp³-hybridized carbons (Fsp3) is 0.708. The fourth-order valence-electron chi connectivity index (χ4n) is 6.73.